The fourth-order valence-electron chi connectivity index (χ4n) is 1.17. The van der Waals surface area contributed by atoms with Crippen molar-refractivity contribution in [3.8, 4) is 0 Å². The van der Waals surface area contributed by atoms with Crippen LogP contribution in [-0.2, 0) is 16.6 Å². The van der Waals surface area contributed by atoms with Crippen LogP contribution in [0.5, 0.6) is 0 Å². The summed E-state index contributed by atoms with van der Waals surface area (Å²) in [6.07, 6.45) is 0. The van der Waals surface area contributed by atoms with Gasteiger partial charge in [0.2, 0.25) is 10.0 Å². The Labute approximate surface area is 109 Å². The molecule has 1 aromatic rings. The lowest BCUT2D eigenvalue weighted by atomic mass is 10.5. The van der Waals surface area contributed by atoms with Gasteiger partial charge in [-0.3, -0.25) is 0 Å². The molecule has 0 saturated carbocycles. The van der Waals surface area contributed by atoms with Crippen LogP contribution < -0.4 is 5.73 Å². The van der Waals surface area contributed by atoms with Crippen LogP contribution in [0, 0.1) is 0 Å². The summed E-state index contributed by atoms with van der Waals surface area (Å²) >= 11 is 4.87. The van der Waals surface area contributed by atoms with Gasteiger partial charge in [0.05, 0.1) is 5.25 Å². The zero-order valence-corrected chi connectivity index (χ0v) is 12.4. The van der Waals surface area contributed by atoms with E-state index in [4.69, 9.17) is 5.73 Å². The monoisotopic (exact) mass is 326 g/mol. The standard InChI is InChI=1S/C9H15BrN2O2S2/c1-7(4-11)16(13,14)12(2)5-9-3-8(10)6-15-9/h3,6-7H,4-5,11H2,1-2H3. The fourth-order valence-corrected chi connectivity index (χ4v) is 3.94. The quantitative estimate of drug-likeness (QED) is 0.894. The Kier molecular flexibility index (Phi) is 4.93. The molecule has 0 aliphatic rings. The van der Waals surface area contributed by atoms with Crippen molar-refractivity contribution in [1.29, 1.82) is 0 Å². The van der Waals surface area contributed by atoms with Crippen molar-refractivity contribution in [2.45, 2.75) is 18.7 Å². The van der Waals surface area contributed by atoms with Crippen molar-refractivity contribution in [1.82, 2.24) is 4.31 Å². The zero-order valence-electron chi connectivity index (χ0n) is 9.18. The lowest BCUT2D eigenvalue weighted by molar-refractivity contribution is 0.460. The molecule has 7 heteroatoms. The largest absolute Gasteiger partial charge is 0.329 e. The Morgan fingerprint density at radius 1 is 1.62 bits per heavy atom. The van der Waals surface area contributed by atoms with Gasteiger partial charge in [-0.2, -0.15) is 4.31 Å². The van der Waals surface area contributed by atoms with Gasteiger partial charge >= 0.3 is 0 Å². The average molecular weight is 327 g/mol. The molecular formula is C9H15BrN2O2S2. The topological polar surface area (TPSA) is 63.4 Å². The Morgan fingerprint density at radius 2 is 2.25 bits per heavy atom. The molecule has 0 aromatic carbocycles. The summed E-state index contributed by atoms with van der Waals surface area (Å²) in [6.45, 7) is 2.15. The first-order valence-electron chi connectivity index (χ1n) is 4.76. The van der Waals surface area contributed by atoms with Crippen molar-refractivity contribution in [2.24, 2.45) is 5.73 Å². The third-order valence-electron chi connectivity index (χ3n) is 2.28. The first-order valence-corrected chi connectivity index (χ1v) is 7.93. The molecule has 1 atom stereocenters. The van der Waals surface area contributed by atoms with Crippen LogP contribution in [0.4, 0.5) is 0 Å². The van der Waals surface area contributed by atoms with Gasteiger partial charge in [0.1, 0.15) is 0 Å². The Balaban J connectivity index is 2.76. The molecule has 1 aromatic heterocycles. The molecule has 0 fully saturated rings. The molecule has 16 heavy (non-hydrogen) atoms. The average Bonchev–Trinajstić information content (AvgIpc) is 2.62. The Morgan fingerprint density at radius 3 is 2.69 bits per heavy atom. The predicted molar refractivity (Wildman–Crippen MR) is 70.9 cm³/mol. The van der Waals surface area contributed by atoms with Crippen molar-refractivity contribution in [3.63, 3.8) is 0 Å². The van der Waals surface area contributed by atoms with E-state index >= 15 is 0 Å². The number of hydrogen-bond acceptors (Lipinski definition) is 4. The molecule has 0 amide bonds. The molecule has 1 heterocycles. The van der Waals surface area contributed by atoms with E-state index in [1.54, 1.807) is 14.0 Å². The van der Waals surface area contributed by atoms with E-state index in [-0.39, 0.29) is 6.54 Å². The van der Waals surface area contributed by atoms with Gasteiger partial charge in [-0.25, -0.2) is 8.42 Å². The maximum Gasteiger partial charge on any atom is 0.218 e. The summed E-state index contributed by atoms with van der Waals surface area (Å²) in [6, 6.07) is 1.92. The third-order valence-corrected chi connectivity index (χ3v) is 6.16. The summed E-state index contributed by atoms with van der Waals surface area (Å²) < 4.78 is 26.2. The molecular weight excluding hydrogens is 312 g/mol. The van der Waals surface area contributed by atoms with Gasteiger partial charge in [0.25, 0.3) is 0 Å². The summed E-state index contributed by atoms with van der Waals surface area (Å²) in [5.41, 5.74) is 5.38. The molecule has 2 N–H and O–H groups in total. The first-order chi connectivity index (χ1) is 7.37. The summed E-state index contributed by atoms with van der Waals surface area (Å²) in [7, 11) is -1.70. The van der Waals surface area contributed by atoms with E-state index < -0.39 is 15.3 Å². The highest BCUT2D eigenvalue weighted by molar-refractivity contribution is 9.10. The Bertz CT molecular complexity index is 444. The minimum Gasteiger partial charge on any atom is -0.329 e. The molecule has 0 aliphatic carbocycles. The second-order valence-electron chi connectivity index (χ2n) is 3.58. The number of thiophene rings is 1. The maximum absolute atomic E-state index is 11.9. The normalized spacial score (nSPS) is 14.3. The highest BCUT2D eigenvalue weighted by Crippen LogP contribution is 2.22. The number of sulfonamides is 1. The van der Waals surface area contributed by atoms with Crippen molar-refractivity contribution < 1.29 is 8.42 Å². The number of rotatable bonds is 5. The number of nitrogens with two attached hydrogens (primary N) is 1. The van der Waals surface area contributed by atoms with E-state index in [1.807, 2.05) is 11.4 Å². The van der Waals surface area contributed by atoms with Crippen LogP contribution in [-0.4, -0.2) is 31.6 Å². The van der Waals surface area contributed by atoms with Crippen LogP contribution in [0.15, 0.2) is 15.9 Å². The maximum atomic E-state index is 11.9. The zero-order chi connectivity index (χ0) is 12.3. The van der Waals surface area contributed by atoms with Crippen LogP contribution in [0.25, 0.3) is 0 Å². The summed E-state index contributed by atoms with van der Waals surface area (Å²) in [4.78, 5) is 1.00. The molecule has 1 rings (SSSR count). The van der Waals surface area contributed by atoms with Gasteiger partial charge in [-0.15, -0.1) is 11.3 Å². The van der Waals surface area contributed by atoms with Gasteiger partial charge in [-0.05, 0) is 28.9 Å². The van der Waals surface area contributed by atoms with Gasteiger partial charge in [0.15, 0.2) is 0 Å². The smallest absolute Gasteiger partial charge is 0.218 e. The molecule has 0 radical (unpaired) electrons. The second-order valence-corrected chi connectivity index (χ2v) is 7.95. The van der Waals surface area contributed by atoms with Crippen molar-refractivity contribution >= 4 is 37.3 Å². The lowest BCUT2D eigenvalue weighted by Crippen LogP contribution is -2.37. The van der Waals surface area contributed by atoms with Gasteiger partial charge in [0, 0.05) is 34.9 Å². The number of halogens is 1. The molecule has 0 bridgehead atoms. The van der Waals surface area contributed by atoms with E-state index in [2.05, 4.69) is 15.9 Å². The lowest BCUT2D eigenvalue weighted by Gasteiger charge is -2.20. The van der Waals surface area contributed by atoms with Crippen LogP contribution in [0.1, 0.15) is 11.8 Å². The first kappa shape index (κ1) is 14.1. The summed E-state index contributed by atoms with van der Waals surface area (Å²) in [5, 5.41) is 1.39. The molecule has 92 valence electrons. The number of hydrogen-bond donors (Lipinski definition) is 1. The molecule has 0 spiro atoms. The number of nitrogens with zero attached hydrogens (tertiary/aromatic N) is 1. The molecule has 0 aliphatic heterocycles. The van der Waals surface area contributed by atoms with E-state index in [9.17, 15) is 8.42 Å². The summed E-state index contributed by atoms with van der Waals surface area (Å²) in [5.74, 6) is 0. The minimum absolute atomic E-state index is 0.140. The van der Waals surface area contributed by atoms with Crippen LogP contribution >= 0.6 is 27.3 Å². The van der Waals surface area contributed by atoms with Crippen LogP contribution in [0.2, 0.25) is 0 Å². The molecule has 1 unspecified atom stereocenters. The Hall–Kier alpha value is 0.0500. The minimum atomic E-state index is -3.28. The van der Waals surface area contributed by atoms with Crippen molar-refractivity contribution in [3.05, 3.63) is 20.8 Å². The predicted octanol–water partition coefficient (Wildman–Crippen LogP) is 1.62. The second kappa shape index (κ2) is 5.59. The van der Waals surface area contributed by atoms with E-state index in [0.717, 1.165) is 9.35 Å². The van der Waals surface area contributed by atoms with E-state index in [0.29, 0.717) is 6.54 Å². The van der Waals surface area contributed by atoms with Gasteiger partial charge in [-0.1, -0.05) is 0 Å². The van der Waals surface area contributed by atoms with Crippen molar-refractivity contribution in [2.75, 3.05) is 13.6 Å². The highest BCUT2D eigenvalue weighted by Gasteiger charge is 2.24. The highest BCUT2D eigenvalue weighted by atomic mass is 79.9. The van der Waals surface area contributed by atoms with Crippen LogP contribution in [0.3, 0.4) is 0 Å². The molecule has 4 nitrogen and oxygen atoms in total. The van der Waals surface area contributed by atoms with Gasteiger partial charge < -0.3 is 5.73 Å². The SMILES string of the molecule is CC(CN)S(=O)(=O)N(C)Cc1cc(Br)cs1. The molecule has 0 saturated heterocycles. The third kappa shape index (κ3) is 3.27. The fraction of sp³-hybridized carbons (Fsp3) is 0.556. The van der Waals surface area contributed by atoms with E-state index in [1.165, 1.54) is 15.6 Å².